The zero-order chi connectivity index (χ0) is 56.6. The molecule has 410 valence electrons. The lowest BCUT2D eigenvalue weighted by Gasteiger charge is -1.70. The van der Waals surface area contributed by atoms with Crippen LogP contribution in [0.1, 0.15) is 0 Å². The van der Waals surface area contributed by atoms with Gasteiger partial charge in [-0.3, -0.25) is 30.1 Å². The van der Waals surface area contributed by atoms with E-state index in [1.54, 1.807) is 165 Å². The molecule has 15 aromatic rings. The molecule has 0 radical (unpaired) electrons. The van der Waals surface area contributed by atoms with Gasteiger partial charge in [0.1, 0.15) is 44.2 Å². The van der Waals surface area contributed by atoms with E-state index in [2.05, 4.69) is 123 Å². The Morgan fingerprint density at radius 1 is 0.312 bits per heavy atom. The summed E-state index contributed by atoms with van der Waals surface area (Å²) >= 11 is 4.78. The first-order valence-electron chi connectivity index (χ1n) is 22.5. The van der Waals surface area contributed by atoms with Gasteiger partial charge in [-0.2, -0.15) is 41.9 Å². The van der Waals surface area contributed by atoms with Crippen molar-refractivity contribution in [2.45, 2.75) is 0 Å². The van der Waals surface area contributed by atoms with E-state index in [9.17, 15) is 0 Å². The third kappa shape index (κ3) is 61.2. The van der Waals surface area contributed by atoms with Gasteiger partial charge in [-0.25, -0.2) is 34.3 Å². The average Bonchev–Trinajstić information content (AvgIpc) is 4.41. The lowest BCUT2D eigenvalue weighted by molar-refractivity contribution is 0.420. The van der Waals surface area contributed by atoms with Crippen LogP contribution in [0.3, 0.4) is 0 Å². The molecule has 0 unspecified atom stereocenters. The van der Waals surface area contributed by atoms with Gasteiger partial charge >= 0.3 is 0 Å². The predicted molar refractivity (Wildman–Crippen MR) is 305 cm³/mol. The fourth-order valence-electron chi connectivity index (χ4n) is 3.31. The van der Waals surface area contributed by atoms with Gasteiger partial charge in [-0.05, 0) is 101 Å². The van der Waals surface area contributed by atoms with Crippen LogP contribution in [0.5, 0.6) is 0 Å². The highest BCUT2D eigenvalue weighted by molar-refractivity contribution is 7.07. The molecule has 28 heteroatoms. The van der Waals surface area contributed by atoms with Gasteiger partial charge in [-0.1, -0.05) is 23.4 Å². The third-order valence-electron chi connectivity index (χ3n) is 6.29. The minimum Gasteiger partial charge on any atom is -0.473 e. The number of hydrogen-bond donors (Lipinski definition) is 4. The number of nitrogens with one attached hydrogen (secondary N) is 4. The second-order valence-electron chi connectivity index (χ2n) is 11.9. The van der Waals surface area contributed by atoms with Crippen molar-refractivity contribution < 1.29 is 13.4 Å². The number of pyridine rings is 1. The van der Waals surface area contributed by atoms with Crippen LogP contribution in [-0.2, 0) is 0 Å². The quantitative estimate of drug-likeness (QED) is 0.110. The largest absolute Gasteiger partial charge is 0.473 e. The summed E-state index contributed by atoms with van der Waals surface area (Å²) < 4.78 is 17.2. The van der Waals surface area contributed by atoms with Crippen LogP contribution in [0.2, 0.25) is 0 Å². The number of H-pyrrole nitrogens is 4. The molecule has 0 aromatic carbocycles. The normalized spacial score (nSPS) is 8.00. The van der Waals surface area contributed by atoms with Gasteiger partial charge in [0.05, 0.1) is 36.8 Å². The third-order valence-corrected chi connectivity index (χ3v) is 7.96. The van der Waals surface area contributed by atoms with Crippen LogP contribution in [0, 0.1) is 0 Å². The Bertz CT molecular complexity index is 2050. The predicted octanol–water partition coefficient (Wildman–Crippen LogP) is 10.7. The van der Waals surface area contributed by atoms with Gasteiger partial charge in [0.2, 0.25) is 0 Å². The van der Waals surface area contributed by atoms with E-state index in [1.165, 1.54) is 62.1 Å². The Morgan fingerprint density at radius 2 is 0.975 bits per heavy atom. The van der Waals surface area contributed by atoms with Crippen molar-refractivity contribution >= 4 is 34.2 Å². The van der Waals surface area contributed by atoms with E-state index in [-0.39, 0.29) is 0 Å². The summed E-state index contributed by atoms with van der Waals surface area (Å²) in [6.45, 7) is 0. The number of aromatic nitrogens is 22. The van der Waals surface area contributed by atoms with Crippen molar-refractivity contribution in [3.05, 3.63) is 317 Å². The summed E-state index contributed by atoms with van der Waals surface area (Å²) in [6, 6.07) is 30.1. The van der Waals surface area contributed by atoms with E-state index in [0.29, 0.717) is 0 Å². The van der Waals surface area contributed by atoms with Gasteiger partial charge in [0, 0.05) is 122 Å². The maximum absolute atomic E-state index is 4.58. The topological polar surface area (TPSA) is 335 Å². The Hall–Kier alpha value is -11.1. The molecule has 25 nitrogen and oxygen atoms in total. The summed E-state index contributed by atoms with van der Waals surface area (Å²) in [5.74, 6) is 0. The SMILES string of the molecule is c1c[nH]cn1.c1cc[nH]c1.c1ccncc1.c1ccnnc1.c1ccnnc1.c1ccoc1.c1ccsc1.c1cn[nH]c1.c1cnccn1.c1cnoc1.c1cnsc1.c1cocn1.c1cscn1.c1nc[nH]n1.c1ncncn1. The van der Waals surface area contributed by atoms with Crippen LogP contribution in [-0.4, -0.2) is 110 Å². The molecular weight excluding hydrogens is 1080 g/mol. The van der Waals surface area contributed by atoms with E-state index in [0.717, 1.165) is 0 Å². The van der Waals surface area contributed by atoms with Crippen LogP contribution < -0.4 is 0 Å². The van der Waals surface area contributed by atoms with Gasteiger partial charge in [0.25, 0.3) is 0 Å². The fourth-order valence-corrected chi connectivity index (χ4v) is 4.46. The van der Waals surface area contributed by atoms with Crippen molar-refractivity contribution in [2.24, 2.45) is 0 Å². The number of thiazole rings is 1. The molecule has 0 spiro atoms. The van der Waals surface area contributed by atoms with Crippen LogP contribution in [0.15, 0.2) is 331 Å². The van der Waals surface area contributed by atoms with Crippen molar-refractivity contribution in [3.63, 3.8) is 0 Å². The van der Waals surface area contributed by atoms with Crippen molar-refractivity contribution in [1.29, 1.82) is 0 Å². The highest BCUT2D eigenvalue weighted by Crippen LogP contribution is 1.91. The highest BCUT2D eigenvalue weighted by Gasteiger charge is 1.66. The molecule has 0 amide bonds. The number of oxazole rings is 1. The highest BCUT2D eigenvalue weighted by atomic mass is 32.1. The van der Waals surface area contributed by atoms with E-state index in [1.807, 2.05) is 125 Å². The molecule has 0 aliphatic rings. The summed E-state index contributed by atoms with van der Waals surface area (Å²) in [6.07, 6.45) is 50.5. The smallest absolute Gasteiger partial charge is 0.180 e. The summed E-state index contributed by atoms with van der Waals surface area (Å²) in [5.41, 5.74) is 1.79. The van der Waals surface area contributed by atoms with Crippen LogP contribution in [0.4, 0.5) is 0 Å². The Labute approximate surface area is 472 Å². The first-order valence-corrected chi connectivity index (χ1v) is 25.3. The molecular formula is C52H56N22O3S3. The number of thiophene rings is 1. The number of furan rings is 1. The monoisotopic (exact) mass is 1130 g/mol. The summed E-state index contributed by atoms with van der Waals surface area (Å²) in [7, 11) is 0. The van der Waals surface area contributed by atoms with Crippen molar-refractivity contribution in [2.75, 3.05) is 0 Å². The molecule has 0 aliphatic carbocycles. The summed E-state index contributed by atoms with van der Waals surface area (Å²) in [5, 5.41) is 37.6. The molecule has 0 aliphatic heterocycles. The average molecular weight is 1130 g/mol. The Kier molecular flexibility index (Phi) is 53.5. The number of hydrogen-bond acceptors (Lipinski definition) is 24. The second kappa shape index (κ2) is 64.0. The van der Waals surface area contributed by atoms with Gasteiger partial charge in [-0.15, -0.1) is 11.3 Å². The Morgan fingerprint density at radius 3 is 1.15 bits per heavy atom. The number of rotatable bonds is 0. The van der Waals surface area contributed by atoms with Gasteiger partial charge < -0.3 is 23.3 Å². The fraction of sp³-hybridized carbons (Fsp3) is 0. The molecule has 15 rings (SSSR count). The lowest BCUT2D eigenvalue weighted by Crippen LogP contribution is -1.73. The minimum atomic E-state index is 1.38. The van der Waals surface area contributed by atoms with Crippen molar-refractivity contribution in [1.82, 2.24) is 110 Å². The zero-order valence-corrected chi connectivity index (χ0v) is 45.0. The summed E-state index contributed by atoms with van der Waals surface area (Å²) in [4.78, 5) is 42.0. The molecule has 0 bridgehead atoms. The maximum atomic E-state index is 4.58. The first kappa shape index (κ1) is 66.9. The molecule has 0 atom stereocenters. The molecule has 0 saturated carbocycles. The number of aromatic amines is 4. The molecule has 4 N–H and O–H groups in total. The molecule has 15 aromatic heterocycles. The first-order chi connectivity index (χ1) is 40.0. The zero-order valence-electron chi connectivity index (χ0n) is 42.5. The van der Waals surface area contributed by atoms with E-state index in [4.69, 9.17) is 0 Å². The molecule has 0 saturated heterocycles. The van der Waals surface area contributed by atoms with Crippen LogP contribution >= 0.6 is 34.2 Å². The number of nitrogens with zero attached hydrogens (tertiary/aromatic N) is 18. The lowest BCUT2D eigenvalue weighted by atomic mass is 10.5. The minimum absolute atomic E-state index is 1.38. The van der Waals surface area contributed by atoms with E-state index < -0.39 is 0 Å². The van der Waals surface area contributed by atoms with E-state index >= 15 is 0 Å². The molecule has 15 heterocycles. The van der Waals surface area contributed by atoms with Crippen LogP contribution in [0.25, 0.3) is 0 Å². The molecule has 0 fully saturated rings. The second-order valence-corrected chi connectivity index (χ2v) is 14.2. The maximum Gasteiger partial charge on any atom is 0.180 e. The van der Waals surface area contributed by atoms with Gasteiger partial charge in [0.15, 0.2) is 6.39 Å². The van der Waals surface area contributed by atoms with Crippen molar-refractivity contribution in [3.8, 4) is 0 Å². The Balaban J connectivity index is 0.000000429. The number of imidazole rings is 1. The standard InChI is InChI=1S/C5H5N.3C4H4N2.C4H5N.C4H4O.C4H4S.C3H3N3.2C3H4N2.2C3H3NO.2C3H3NS.C2H3N3/c1-2-4-6-5-3-1;1-2-6-4-3-5-1;2*1-2-4-6-5-3-1;3*1-2-4-5-3-1;1-4-2-6-3-5-1;1-2-5-3-4-1;1-2-4-5-3-1;1-2-5-3-4-1;1-2-4-5-3-1;1-2-5-3-4-1;1-2-4-5-3-1;1-3-2-5-4-1/h1-5H;3*1-4H;1-5H;2*1-4H;1-3H;2*1-3H,(H,4,5);4*1-3H;1-2H,(H,3,4,5). The molecule has 80 heavy (non-hydrogen) atoms.